The first-order valence-corrected chi connectivity index (χ1v) is 39.6. The zero-order valence-electron chi connectivity index (χ0n) is 68.4. The molecule has 0 radical (unpaired) electrons. The Morgan fingerprint density at radius 2 is 0.822 bits per heavy atom. The van der Waals surface area contributed by atoms with Crippen LogP contribution in [-0.2, 0) is 95.9 Å². The highest BCUT2D eigenvalue weighted by atomic mass is 32.1. The third kappa shape index (κ3) is 35.8. The third-order valence-electron chi connectivity index (χ3n) is 18.7. The molecule has 0 aromatic carbocycles. The minimum Gasteiger partial charge on any atom is -0.481 e. The number of nitrogens with two attached hydrogens (primary N) is 3. The van der Waals surface area contributed by atoms with E-state index in [9.17, 15) is 116 Å². The normalized spacial score (nSPS) is 17.6. The molecule has 2 saturated heterocycles. The molecule has 118 heavy (non-hydrogen) atoms. The Bertz CT molecular complexity index is 3540. The van der Waals surface area contributed by atoms with Crippen LogP contribution in [0.1, 0.15) is 160 Å². The summed E-state index contributed by atoms with van der Waals surface area (Å²) in [7, 11) is 0. The SMILES string of the molecule is CC(C)C[C@H](NC(=O)[C@H](CC(=O)O)NC(=O)[C@H](CC(C)C)NC(=O)[C@H](CO)NC(=O)[C@H](CCC(N)=O)NC(=O)[C@H](CC(C)C)NC(=O)[C@@H](N)CCCCN)C(=O)N[C@@H](CO)C(=O)N[C@@H](C)C(=O)N[C@@H](C)C(=O)N[C@@H](C)C(=O)N[C@@H](CS)C(=O)NCC(=O)N[C@H](C(=O)N1CCC[C@H]1C(=O)N1CCC[C@H]1C(=O)NCC(=O)N[C@@H](C)C(=O)O)[C@@H](C)O. The zero-order chi connectivity index (χ0) is 89.7. The lowest BCUT2D eigenvalue weighted by atomic mass is 10.0. The highest BCUT2D eigenvalue weighted by Gasteiger charge is 2.45. The number of primary amides is 1. The average molecular weight is 1700 g/mol. The first-order chi connectivity index (χ1) is 55.2. The molecule has 2 aliphatic rings. The molecule has 18 amide bonds. The van der Waals surface area contributed by atoms with Gasteiger partial charge < -0.3 is 132 Å². The summed E-state index contributed by atoms with van der Waals surface area (Å²) in [6.45, 7) is 12.9. The smallest absolute Gasteiger partial charge is 0.325 e. The summed E-state index contributed by atoms with van der Waals surface area (Å²) in [6.07, 6.45) is -1.40. The molecule has 0 aromatic heterocycles. The molecule has 17 atom stereocenters. The second-order valence-corrected chi connectivity index (χ2v) is 30.7. The number of carboxylic acids is 2. The molecule has 45 nitrogen and oxygen atoms in total. The van der Waals surface area contributed by atoms with E-state index in [0.717, 1.165) is 11.8 Å². The predicted molar refractivity (Wildman–Crippen MR) is 421 cm³/mol. The molecule has 0 spiro atoms. The first kappa shape index (κ1) is 104. The number of carbonyl (C=O) groups is 20. The van der Waals surface area contributed by atoms with Crippen LogP contribution in [0.3, 0.4) is 0 Å². The number of likely N-dealkylation sites (tertiary alicyclic amines) is 2. The van der Waals surface area contributed by atoms with Crippen molar-refractivity contribution in [3.63, 3.8) is 0 Å². The van der Waals surface area contributed by atoms with Crippen molar-refractivity contribution in [3.8, 4) is 0 Å². The molecule has 666 valence electrons. The molecule has 26 N–H and O–H groups in total. The van der Waals surface area contributed by atoms with Crippen LogP contribution in [0.25, 0.3) is 0 Å². The Morgan fingerprint density at radius 3 is 1.27 bits per heavy atom. The van der Waals surface area contributed by atoms with Crippen molar-refractivity contribution in [1.29, 1.82) is 0 Å². The van der Waals surface area contributed by atoms with Gasteiger partial charge in [0.25, 0.3) is 0 Å². The molecular formula is C72H122N20O25S. The van der Waals surface area contributed by atoms with E-state index in [0.29, 0.717) is 32.2 Å². The van der Waals surface area contributed by atoms with Crippen molar-refractivity contribution in [1.82, 2.24) is 89.6 Å². The molecule has 0 aliphatic carbocycles. The number of hydrogen-bond donors (Lipinski definition) is 24. The average Bonchev–Trinajstić information content (AvgIpc) is 1.65. The summed E-state index contributed by atoms with van der Waals surface area (Å²) in [5.41, 5.74) is 17.0. The molecule has 0 unspecified atom stereocenters. The lowest BCUT2D eigenvalue weighted by Gasteiger charge is -2.33. The van der Waals surface area contributed by atoms with E-state index in [-0.39, 0.29) is 63.3 Å². The molecule has 46 heteroatoms. The maximum atomic E-state index is 14.1. The van der Waals surface area contributed by atoms with Crippen molar-refractivity contribution in [3.05, 3.63) is 0 Å². The third-order valence-corrected chi connectivity index (χ3v) is 19.0. The molecule has 2 rings (SSSR count). The first-order valence-electron chi connectivity index (χ1n) is 39.0. The molecule has 2 heterocycles. The minimum atomic E-state index is -1.99. The molecule has 2 fully saturated rings. The van der Waals surface area contributed by atoms with Gasteiger partial charge in [0.15, 0.2) is 0 Å². The van der Waals surface area contributed by atoms with E-state index < -0.39 is 278 Å². The van der Waals surface area contributed by atoms with Crippen LogP contribution in [0.4, 0.5) is 0 Å². The van der Waals surface area contributed by atoms with Gasteiger partial charge in [-0.25, -0.2) is 0 Å². The predicted octanol–water partition coefficient (Wildman–Crippen LogP) is -9.70. The largest absolute Gasteiger partial charge is 0.481 e. The van der Waals surface area contributed by atoms with Gasteiger partial charge in [-0.1, -0.05) is 48.0 Å². The van der Waals surface area contributed by atoms with Crippen LogP contribution >= 0.6 is 12.6 Å². The van der Waals surface area contributed by atoms with Gasteiger partial charge in [-0.05, 0) is 123 Å². The second kappa shape index (κ2) is 51.7. The number of nitrogens with one attached hydrogen (secondary N) is 15. The van der Waals surface area contributed by atoms with Crippen molar-refractivity contribution in [2.75, 3.05) is 51.7 Å². The summed E-state index contributed by atoms with van der Waals surface area (Å²) in [5, 5.41) is 85.4. The molecular weight excluding hydrogens is 1580 g/mol. The number of amides is 18. The van der Waals surface area contributed by atoms with Crippen LogP contribution in [0, 0.1) is 17.8 Å². The lowest BCUT2D eigenvalue weighted by Crippen LogP contribution is -2.61. The fourth-order valence-electron chi connectivity index (χ4n) is 12.2. The number of carboxylic acid groups (broad SMARTS) is 2. The molecule has 2 aliphatic heterocycles. The lowest BCUT2D eigenvalue weighted by molar-refractivity contribution is -0.149. The maximum absolute atomic E-state index is 14.1. The minimum absolute atomic E-state index is 0.0281. The summed E-state index contributed by atoms with van der Waals surface area (Å²) in [6, 6.07) is -23.6. The molecule has 0 bridgehead atoms. The van der Waals surface area contributed by atoms with Crippen molar-refractivity contribution in [2.24, 2.45) is 35.0 Å². The molecule has 0 aromatic rings. The zero-order valence-corrected chi connectivity index (χ0v) is 69.3. The summed E-state index contributed by atoms with van der Waals surface area (Å²) < 4.78 is 0. The van der Waals surface area contributed by atoms with Gasteiger partial charge in [0.1, 0.15) is 90.6 Å². The van der Waals surface area contributed by atoms with Gasteiger partial charge in [0.2, 0.25) is 106 Å². The number of thiol groups is 1. The van der Waals surface area contributed by atoms with Gasteiger partial charge in [-0.2, -0.15) is 12.6 Å². The Labute approximate surface area is 688 Å². The van der Waals surface area contributed by atoms with Gasteiger partial charge >= 0.3 is 11.9 Å². The fraction of sp³-hybridized carbons (Fsp3) is 0.722. The fourth-order valence-corrected chi connectivity index (χ4v) is 12.4. The van der Waals surface area contributed by atoms with Crippen molar-refractivity contribution in [2.45, 2.75) is 262 Å². The number of aliphatic hydroxyl groups excluding tert-OH is 3. The number of aliphatic hydroxyl groups is 3. The maximum Gasteiger partial charge on any atom is 0.325 e. The summed E-state index contributed by atoms with van der Waals surface area (Å²) in [5.74, 6) is -21.6. The van der Waals surface area contributed by atoms with Crippen LogP contribution < -0.4 is 97.0 Å². The Hall–Kier alpha value is -10.4. The summed E-state index contributed by atoms with van der Waals surface area (Å²) in [4.78, 5) is 267. The van der Waals surface area contributed by atoms with Crippen LogP contribution in [-0.4, -0.2) is 308 Å². The van der Waals surface area contributed by atoms with Crippen LogP contribution in [0.2, 0.25) is 0 Å². The van der Waals surface area contributed by atoms with E-state index in [1.807, 2.05) is 0 Å². The van der Waals surface area contributed by atoms with E-state index in [1.54, 1.807) is 41.5 Å². The van der Waals surface area contributed by atoms with Crippen LogP contribution in [0.15, 0.2) is 0 Å². The van der Waals surface area contributed by atoms with Gasteiger partial charge in [-0.3, -0.25) is 95.9 Å². The van der Waals surface area contributed by atoms with E-state index in [1.165, 1.54) is 32.6 Å². The number of aliphatic carboxylic acids is 2. The Balaban J connectivity index is 2.11. The monoisotopic (exact) mass is 1700 g/mol. The van der Waals surface area contributed by atoms with E-state index in [4.69, 9.17) is 22.3 Å². The van der Waals surface area contributed by atoms with Gasteiger partial charge in [0, 0.05) is 25.3 Å². The number of rotatable bonds is 52. The number of unbranched alkanes of at least 4 members (excludes halogenated alkanes) is 1. The quantitative estimate of drug-likeness (QED) is 0.0199. The Morgan fingerprint density at radius 1 is 0.432 bits per heavy atom. The number of nitrogens with zero attached hydrogens (tertiary/aromatic N) is 2. The topological polar surface area (TPSA) is 708 Å². The standard InChI is InChI=1S/C72H122N20O25S/c1-33(2)24-43(83-60(104)41(74)16-12-13-21-73)63(107)82-42(19-20-52(75)96)62(106)87-48(31-94)68(112)85-44(25-34(3)4)64(108)86-46(27-55(99)100)66(110)84-45(26-35(5)6)65(109)88-47(30-93)67(111)81-37(8)58(102)79-36(7)57(101)80-38(9)59(103)89-49(32-118)61(105)76-29-54(98)90-56(40(11)95)71(115)92-23-15-18-51(92)70(114)91-22-14-17-50(91)69(113)77-28-53(97)78-39(10)72(116)117/h33-51,56,93-95,118H,12-32,73-74H2,1-11H3,(H2,75,96)(H,76,105)(H,77,113)(H,78,97)(H,79,102)(H,80,101)(H,81,111)(H,82,107)(H,83,104)(H,84,110)(H,85,112)(H,86,108)(H,87,106)(H,88,109)(H,89,103)(H,90,98)(H,99,100)(H,116,117)/t36-,37-,38-,39-,40+,41-,42-,43-,44-,45-,46-,47-,48-,49-,50-,51-,56-/m0/s1. The number of carbonyl (C=O) groups excluding carboxylic acids is 18. The number of hydrogen-bond acceptors (Lipinski definition) is 26. The van der Waals surface area contributed by atoms with E-state index >= 15 is 0 Å². The highest BCUT2D eigenvalue weighted by molar-refractivity contribution is 7.80. The van der Waals surface area contributed by atoms with Gasteiger partial charge in [0.05, 0.1) is 44.9 Å². The van der Waals surface area contributed by atoms with Crippen molar-refractivity contribution >= 4 is 131 Å². The van der Waals surface area contributed by atoms with E-state index in [2.05, 4.69) is 92.4 Å². The highest BCUT2D eigenvalue weighted by Crippen LogP contribution is 2.26. The summed E-state index contributed by atoms with van der Waals surface area (Å²) >= 11 is 4.12. The van der Waals surface area contributed by atoms with Crippen LogP contribution in [0.5, 0.6) is 0 Å². The van der Waals surface area contributed by atoms with Gasteiger partial charge in [-0.15, -0.1) is 0 Å². The van der Waals surface area contributed by atoms with Crippen molar-refractivity contribution < 1.29 is 121 Å². The molecule has 0 saturated carbocycles. The Kier molecular flexibility index (Phi) is 45.4. The second-order valence-electron chi connectivity index (χ2n) is 30.3.